The fourth-order valence-corrected chi connectivity index (χ4v) is 3.44. The minimum Gasteiger partial charge on any atom is -0.368 e. The Hall–Kier alpha value is -1.09. The molecule has 1 spiro atoms. The third-order valence-corrected chi connectivity index (χ3v) is 4.38. The van der Waals surface area contributed by atoms with Crippen molar-refractivity contribution in [3.05, 3.63) is 24.0 Å². The highest BCUT2D eigenvalue weighted by Crippen LogP contribution is 2.33. The molecule has 0 amide bonds. The first kappa shape index (κ1) is 12.0. The Morgan fingerprint density at radius 2 is 2.06 bits per heavy atom. The molecule has 1 N–H and O–H groups in total. The fourth-order valence-electron chi connectivity index (χ4n) is 3.44. The zero-order valence-electron chi connectivity index (χ0n) is 11.3. The smallest absolute Gasteiger partial charge is 0.0556 e. The fraction of sp³-hybridized carbons (Fsp3) is 0.667. The van der Waals surface area contributed by atoms with Gasteiger partial charge in [-0.25, -0.2) is 0 Å². The Kier molecular flexibility index (Phi) is 3.25. The van der Waals surface area contributed by atoms with Gasteiger partial charge in [0.25, 0.3) is 0 Å². The van der Waals surface area contributed by atoms with E-state index >= 15 is 0 Å². The van der Waals surface area contributed by atoms with E-state index in [1.54, 1.807) is 0 Å². The molecule has 1 aromatic heterocycles. The number of anilines is 1. The zero-order chi connectivity index (χ0) is 12.4. The van der Waals surface area contributed by atoms with Crippen LogP contribution in [0.5, 0.6) is 0 Å². The van der Waals surface area contributed by atoms with Gasteiger partial charge in [-0.2, -0.15) is 0 Å². The summed E-state index contributed by atoms with van der Waals surface area (Å²) in [4.78, 5) is 6.88. The van der Waals surface area contributed by atoms with Gasteiger partial charge in [0.05, 0.1) is 11.9 Å². The molecule has 1 saturated carbocycles. The quantitative estimate of drug-likeness (QED) is 0.824. The minimum atomic E-state index is 0.375. The van der Waals surface area contributed by atoms with Crippen LogP contribution >= 0.6 is 0 Å². The number of aromatic nitrogens is 1. The molecule has 3 rings (SSSR count). The van der Waals surface area contributed by atoms with Gasteiger partial charge in [-0.15, -0.1) is 0 Å². The van der Waals surface area contributed by atoms with Crippen LogP contribution < -0.4 is 10.2 Å². The van der Waals surface area contributed by atoms with Crippen molar-refractivity contribution in [3.63, 3.8) is 0 Å². The van der Waals surface area contributed by atoms with E-state index in [1.807, 2.05) is 12.4 Å². The second-order valence-corrected chi connectivity index (χ2v) is 5.91. The lowest BCUT2D eigenvalue weighted by Gasteiger charge is -2.34. The van der Waals surface area contributed by atoms with Gasteiger partial charge in [0.1, 0.15) is 0 Å². The summed E-state index contributed by atoms with van der Waals surface area (Å²) < 4.78 is 0. The second kappa shape index (κ2) is 4.88. The van der Waals surface area contributed by atoms with E-state index < -0.39 is 0 Å². The van der Waals surface area contributed by atoms with Crippen LogP contribution in [0.2, 0.25) is 0 Å². The van der Waals surface area contributed by atoms with Gasteiger partial charge in [0, 0.05) is 24.8 Å². The third kappa shape index (κ3) is 2.37. The van der Waals surface area contributed by atoms with Crippen LogP contribution in [0.1, 0.15) is 37.7 Å². The van der Waals surface area contributed by atoms with Crippen LogP contribution in [0.3, 0.4) is 0 Å². The number of hydrogen-bond acceptors (Lipinski definition) is 3. The van der Waals surface area contributed by atoms with Crippen molar-refractivity contribution in [1.29, 1.82) is 0 Å². The molecule has 98 valence electrons. The highest BCUT2D eigenvalue weighted by atomic mass is 15.2. The summed E-state index contributed by atoms with van der Waals surface area (Å²) in [7, 11) is 0. The molecule has 0 bridgehead atoms. The van der Waals surface area contributed by atoms with Crippen LogP contribution in [0.4, 0.5) is 5.69 Å². The molecule has 2 fully saturated rings. The molecule has 2 aliphatic rings. The van der Waals surface area contributed by atoms with Crippen LogP contribution in [-0.4, -0.2) is 30.2 Å². The average molecular weight is 245 g/mol. The molecule has 1 aliphatic carbocycles. The molecule has 0 atom stereocenters. The predicted molar refractivity (Wildman–Crippen MR) is 75.0 cm³/mol. The molecule has 1 aromatic rings. The largest absolute Gasteiger partial charge is 0.368 e. The maximum atomic E-state index is 4.34. The Labute approximate surface area is 110 Å². The minimum absolute atomic E-state index is 0.375. The van der Waals surface area contributed by atoms with Crippen LogP contribution in [0.25, 0.3) is 0 Å². The molecule has 0 radical (unpaired) electrons. The Morgan fingerprint density at radius 3 is 2.83 bits per heavy atom. The second-order valence-electron chi connectivity index (χ2n) is 5.91. The Morgan fingerprint density at radius 1 is 1.22 bits per heavy atom. The van der Waals surface area contributed by atoms with Crippen molar-refractivity contribution in [2.75, 3.05) is 24.5 Å². The first-order valence-electron chi connectivity index (χ1n) is 7.19. The average Bonchev–Trinajstić information content (AvgIpc) is 2.70. The molecule has 0 aromatic carbocycles. The maximum Gasteiger partial charge on any atom is 0.0556 e. The lowest BCUT2D eigenvalue weighted by Crippen LogP contribution is -2.49. The SMILES string of the molecule is Cc1cncc(N2CCCNC3(CCCC3)C2)c1. The van der Waals surface area contributed by atoms with E-state index in [0.717, 1.165) is 19.6 Å². The highest BCUT2D eigenvalue weighted by Gasteiger charge is 2.36. The van der Waals surface area contributed by atoms with Gasteiger partial charge < -0.3 is 10.2 Å². The summed E-state index contributed by atoms with van der Waals surface area (Å²) in [6.07, 6.45) is 10.6. The van der Waals surface area contributed by atoms with Gasteiger partial charge >= 0.3 is 0 Å². The topological polar surface area (TPSA) is 28.2 Å². The van der Waals surface area contributed by atoms with E-state index in [1.165, 1.54) is 43.4 Å². The third-order valence-electron chi connectivity index (χ3n) is 4.38. The van der Waals surface area contributed by atoms with Crippen LogP contribution in [0, 0.1) is 6.92 Å². The number of hydrogen-bond donors (Lipinski definition) is 1. The first-order valence-corrected chi connectivity index (χ1v) is 7.19. The van der Waals surface area contributed by atoms with Crippen molar-refractivity contribution < 1.29 is 0 Å². The molecule has 2 heterocycles. The van der Waals surface area contributed by atoms with Crippen molar-refractivity contribution in [1.82, 2.24) is 10.3 Å². The summed E-state index contributed by atoms with van der Waals surface area (Å²) in [5.41, 5.74) is 2.93. The van der Waals surface area contributed by atoms with E-state index in [0.29, 0.717) is 5.54 Å². The molecule has 3 heteroatoms. The van der Waals surface area contributed by atoms with Gasteiger partial charge in [-0.05, 0) is 44.4 Å². The number of nitrogens with zero attached hydrogens (tertiary/aromatic N) is 2. The molecular formula is C15H23N3. The number of rotatable bonds is 1. The molecule has 3 nitrogen and oxygen atoms in total. The van der Waals surface area contributed by atoms with Crippen LogP contribution in [0.15, 0.2) is 18.5 Å². The van der Waals surface area contributed by atoms with Crippen molar-refractivity contribution in [2.45, 2.75) is 44.6 Å². The summed E-state index contributed by atoms with van der Waals surface area (Å²) >= 11 is 0. The lowest BCUT2D eigenvalue weighted by molar-refractivity contribution is 0.354. The zero-order valence-corrected chi connectivity index (χ0v) is 11.3. The molecule has 1 aliphatic heterocycles. The standard InChI is InChI=1S/C15H23N3/c1-13-9-14(11-16-10-13)18-8-4-7-17-15(12-18)5-2-3-6-15/h9-11,17H,2-8,12H2,1H3. The number of nitrogens with one attached hydrogen (secondary N) is 1. The first-order chi connectivity index (χ1) is 8.77. The van der Waals surface area contributed by atoms with E-state index in [-0.39, 0.29) is 0 Å². The number of aryl methyl sites for hydroxylation is 1. The molecule has 1 saturated heterocycles. The molecular weight excluding hydrogens is 222 g/mol. The van der Waals surface area contributed by atoms with Crippen molar-refractivity contribution in [2.24, 2.45) is 0 Å². The monoisotopic (exact) mass is 245 g/mol. The number of pyridine rings is 1. The van der Waals surface area contributed by atoms with E-state index in [9.17, 15) is 0 Å². The maximum absolute atomic E-state index is 4.34. The van der Waals surface area contributed by atoms with Gasteiger partial charge in [0.15, 0.2) is 0 Å². The summed E-state index contributed by atoms with van der Waals surface area (Å²) in [5.74, 6) is 0. The molecule has 18 heavy (non-hydrogen) atoms. The highest BCUT2D eigenvalue weighted by molar-refractivity contribution is 5.46. The lowest BCUT2D eigenvalue weighted by atomic mass is 9.97. The Bertz CT molecular complexity index is 410. The Balaban J connectivity index is 1.82. The van der Waals surface area contributed by atoms with E-state index in [4.69, 9.17) is 0 Å². The predicted octanol–water partition coefficient (Wildman–Crippen LogP) is 2.50. The van der Waals surface area contributed by atoms with E-state index in [2.05, 4.69) is 28.2 Å². The normalized spacial score (nSPS) is 23.3. The summed E-state index contributed by atoms with van der Waals surface area (Å²) in [5, 5.41) is 3.81. The summed E-state index contributed by atoms with van der Waals surface area (Å²) in [6, 6.07) is 2.26. The van der Waals surface area contributed by atoms with Gasteiger partial charge in [-0.3, -0.25) is 4.98 Å². The molecule has 0 unspecified atom stereocenters. The van der Waals surface area contributed by atoms with Gasteiger partial charge in [0.2, 0.25) is 0 Å². The van der Waals surface area contributed by atoms with Crippen LogP contribution in [-0.2, 0) is 0 Å². The summed E-state index contributed by atoms with van der Waals surface area (Å²) in [6.45, 7) is 5.59. The van der Waals surface area contributed by atoms with Crippen molar-refractivity contribution in [3.8, 4) is 0 Å². The van der Waals surface area contributed by atoms with Gasteiger partial charge in [-0.1, -0.05) is 12.8 Å². The van der Waals surface area contributed by atoms with Crippen molar-refractivity contribution >= 4 is 5.69 Å².